The number of rotatable bonds is 7. The number of anilines is 1. The monoisotopic (exact) mass is 472 g/mol. The van der Waals surface area contributed by atoms with Crippen molar-refractivity contribution in [3.05, 3.63) is 40.6 Å². The Hall–Kier alpha value is -3.05. The molecule has 1 unspecified atom stereocenters. The fourth-order valence-electron chi connectivity index (χ4n) is 3.76. The molecule has 1 aliphatic rings. The van der Waals surface area contributed by atoms with Crippen molar-refractivity contribution >= 4 is 40.5 Å². The van der Waals surface area contributed by atoms with Crippen molar-refractivity contribution in [3.8, 4) is 17.1 Å². The molecule has 2 aromatic heterocycles. The van der Waals surface area contributed by atoms with Crippen LogP contribution in [0.2, 0.25) is 0 Å². The Balaban J connectivity index is 1.38. The van der Waals surface area contributed by atoms with Gasteiger partial charge >= 0.3 is 0 Å². The highest BCUT2D eigenvalue weighted by molar-refractivity contribution is 7.71. The molecule has 0 bridgehead atoms. The van der Waals surface area contributed by atoms with E-state index in [-0.39, 0.29) is 24.2 Å². The van der Waals surface area contributed by atoms with Gasteiger partial charge in [-0.15, -0.1) is 11.3 Å². The molecule has 3 aromatic rings. The second-order valence-corrected chi connectivity index (χ2v) is 8.77. The topological polar surface area (TPSA) is 105 Å². The highest BCUT2D eigenvalue weighted by atomic mass is 32.1. The van der Waals surface area contributed by atoms with Gasteiger partial charge in [-0.05, 0) is 49.3 Å². The largest absolute Gasteiger partial charge is 0.497 e. The number of methoxy groups -OCH3 is 1. The molecule has 9 nitrogen and oxygen atoms in total. The van der Waals surface area contributed by atoms with E-state index in [4.69, 9.17) is 17.0 Å². The Morgan fingerprint density at radius 1 is 1.34 bits per heavy atom. The van der Waals surface area contributed by atoms with Gasteiger partial charge in [-0.1, -0.05) is 0 Å². The molecule has 0 spiro atoms. The molecule has 1 aromatic carbocycles. The molecule has 3 heterocycles. The van der Waals surface area contributed by atoms with Gasteiger partial charge in [0.15, 0.2) is 15.7 Å². The van der Waals surface area contributed by atoms with Crippen LogP contribution in [0.15, 0.2) is 35.8 Å². The van der Waals surface area contributed by atoms with Gasteiger partial charge in [-0.3, -0.25) is 19.3 Å². The van der Waals surface area contributed by atoms with Crippen molar-refractivity contribution in [1.29, 1.82) is 0 Å². The first kappa shape index (κ1) is 22.2. The van der Waals surface area contributed by atoms with Crippen LogP contribution in [-0.2, 0) is 16.1 Å². The van der Waals surface area contributed by atoms with E-state index in [2.05, 4.69) is 20.5 Å². The lowest BCUT2D eigenvalue weighted by molar-refractivity contribution is -0.134. The smallest absolute Gasteiger partial charge is 0.231 e. The fourth-order valence-corrected chi connectivity index (χ4v) is 4.52. The third-order valence-corrected chi connectivity index (χ3v) is 6.46. The second-order valence-electron chi connectivity index (χ2n) is 7.49. The molecule has 11 heteroatoms. The Bertz CT molecular complexity index is 1120. The number of benzene rings is 1. The average Bonchev–Trinajstić information content (AvgIpc) is 3.47. The van der Waals surface area contributed by atoms with Crippen LogP contribution in [0, 0.1) is 10.7 Å². The van der Waals surface area contributed by atoms with E-state index in [1.807, 2.05) is 34.2 Å². The van der Waals surface area contributed by atoms with E-state index in [1.54, 1.807) is 18.2 Å². The molecule has 1 aliphatic heterocycles. The minimum Gasteiger partial charge on any atom is -0.497 e. The molecule has 168 valence electrons. The molecule has 0 radical (unpaired) electrons. The minimum absolute atomic E-state index is 0.000490. The fraction of sp³-hybridized carbons (Fsp3) is 0.381. The molecule has 4 rings (SSSR count). The van der Waals surface area contributed by atoms with Crippen LogP contribution in [0.5, 0.6) is 5.75 Å². The van der Waals surface area contributed by atoms with Crippen LogP contribution in [-0.4, -0.2) is 56.7 Å². The first-order valence-corrected chi connectivity index (χ1v) is 11.6. The van der Waals surface area contributed by atoms with E-state index >= 15 is 0 Å². The van der Waals surface area contributed by atoms with E-state index in [0.29, 0.717) is 35.4 Å². The number of thiazole rings is 1. The summed E-state index contributed by atoms with van der Waals surface area (Å²) < 4.78 is 7.49. The standard InChI is InChI=1S/C21H24N6O3S2/c1-30-16-6-4-14(5-7-16)18-24-25-21(31)27(18)11-8-17(28)26-10-2-3-15(13-26)19(29)23-20-22-9-12-32-20/h4-7,9,12,15H,2-3,8,10-11,13H2,1H3,(H,25,31)(H,22,23,29). The predicted octanol–water partition coefficient (Wildman–Crippen LogP) is 3.34. The summed E-state index contributed by atoms with van der Waals surface area (Å²) in [6.45, 7) is 1.47. The molecule has 2 N–H and O–H groups in total. The molecule has 1 atom stereocenters. The summed E-state index contributed by atoms with van der Waals surface area (Å²) in [5.74, 6) is 1.10. The van der Waals surface area contributed by atoms with E-state index in [1.165, 1.54) is 11.3 Å². The maximum atomic E-state index is 12.9. The van der Waals surface area contributed by atoms with Crippen molar-refractivity contribution in [1.82, 2.24) is 24.6 Å². The number of ether oxygens (including phenoxy) is 1. The highest BCUT2D eigenvalue weighted by Gasteiger charge is 2.28. The van der Waals surface area contributed by atoms with Crippen molar-refractivity contribution in [2.45, 2.75) is 25.8 Å². The molecule has 0 aliphatic carbocycles. The van der Waals surface area contributed by atoms with Crippen molar-refractivity contribution in [2.75, 3.05) is 25.5 Å². The third-order valence-electron chi connectivity index (χ3n) is 5.46. The van der Waals surface area contributed by atoms with Crippen molar-refractivity contribution in [2.24, 2.45) is 5.92 Å². The Morgan fingerprint density at radius 2 is 2.16 bits per heavy atom. The lowest BCUT2D eigenvalue weighted by atomic mass is 9.97. The molecular weight excluding hydrogens is 448 g/mol. The van der Waals surface area contributed by atoms with Gasteiger partial charge in [0.1, 0.15) is 5.75 Å². The van der Waals surface area contributed by atoms with Gasteiger partial charge in [0.05, 0.1) is 13.0 Å². The lowest BCUT2D eigenvalue weighted by Crippen LogP contribution is -2.44. The number of nitrogens with zero attached hydrogens (tertiary/aromatic N) is 4. The molecular formula is C21H24N6O3S2. The summed E-state index contributed by atoms with van der Waals surface area (Å²) >= 11 is 6.75. The predicted molar refractivity (Wildman–Crippen MR) is 124 cm³/mol. The quantitative estimate of drug-likeness (QED) is 0.511. The number of amides is 2. The first-order valence-electron chi connectivity index (χ1n) is 10.3. The zero-order valence-electron chi connectivity index (χ0n) is 17.6. The number of piperidine rings is 1. The van der Waals surface area contributed by atoms with Crippen molar-refractivity contribution in [3.63, 3.8) is 0 Å². The van der Waals surface area contributed by atoms with Gasteiger partial charge in [0, 0.05) is 43.2 Å². The second kappa shape index (κ2) is 10.0. The number of H-pyrrole nitrogens is 1. The van der Waals surface area contributed by atoms with Crippen LogP contribution >= 0.6 is 23.6 Å². The van der Waals surface area contributed by atoms with E-state index in [9.17, 15) is 9.59 Å². The minimum atomic E-state index is -0.234. The number of hydrogen-bond donors (Lipinski definition) is 2. The van der Waals surface area contributed by atoms with Crippen LogP contribution in [0.1, 0.15) is 19.3 Å². The zero-order valence-corrected chi connectivity index (χ0v) is 19.2. The molecule has 1 saturated heterocycles. The molecule has 32 heavy (non-hydrogen) atoms. The summed E-state index contributed by atoms with van der Waals surface area (Å²) in [5, 5.41) is 12.4. The normalized spacial score (nSPS) is 16.0. The lowest BCUT2D eigenvalue weighted by Gasteiger charge is -2.32. The first-order chi connectivity index (χ1) is 15.5. The van der Waals surface area contributed by atoms with Crippen molar-refractivity contribution < 1.29 is 14.3 Å². The van der Waals surface area contributed by atoms with Crippen LogP contribution < -0.4 is 10.1 Å². The Kier molecular flexibility index (Phi) is 6.96. The van der Waals surface area contributed by atoms with Gasteiger partial charge < -0.3 is 15.0 Å². The summed E-state index contributed by atoms with van der Waals surface area (Å²) in [6.07, 6.45) is 3.48. The maximum Gasteiger partial charge on any atom is 0.231 e. The summed E-state index contributed by atoms with van der Waals surface area (Å²) in [6, 6.07) is 7.51. The van der Waals surface area contributed by atoms with Gasteiger partial charge in [0.25, 0.3) is 0 Å². The summed E-state index contributed by atoms with van der Waals surface area (Å²) in [5.41, 5.74) is 0.877. The van der Waals surface area contributed by atoms with Crippen LogP contribution in [0.4, 0.5) is 5.13 Å². The molecule has 0 saturated carbocycles. The number of aromatic amines is 1. The Labute approximate surface area is 194 Å². The van der Waals surface area contributed by atoms with Crippen LogP contribution in [0.3, 0.4) is 0 Å². The number of aromatic nitrogens is 4. The van der Waals surface area contributed by atoms with Crippen LogP contribution in [0.25, 0.3) is 11.4 Å². The maximum absolute atomic E-state index is 12.9. The average molecular weight is 473 g/mol. The summed E-state index contributed by atoms with van der Waals surface area (Å²) in [4.78, 5) is 31.3. The number of carbonyl (C=O) groups excluding carboxylic acids is 2. The number of nitrogens with one attached hydrogen (secondary N) is 2. The Morgan fingerprint density at radius 3 is 2.88 bits per heavy atom. The third kappa shape index (κ3) is 5.05. The van der Waals surface area contributed by atoms with Gasteiger partial charge in [0.2, 0.25) is 11.8 Å². The number of hydrogen-bond acceptors (Lipinski definition) is 7. The number of carbonyl (C=O) groups is 2. The van der Waals surface area contributed by atoms with E-state index in [0.717, 1.165) is 24.2 Å². The number of likely N-dealkylation sites (tertiary alicyclic amines) is 1. The summed E-state index contributed by atoms with van der Waals surface area (Å²) in [7, 11) is 1.62. The molecule has 1 fully saturated rings. The van der Waals surface area contributed by atoms with E-state index < -0.39 is 0 Å². The SMILES string of the molecule is COc1ccc(-c2n[nH]c(=S)n2CCC(=O)N2CCCC(C(=O)Nc3nccs3)C2)cc1. The molecule has 2 amide bonds. The van der Waals surface area contributed by atoms with Gasteiger partial charge in [-0.25, -0.2) is 4.98 Å². The highest BCUT2D eigenvalue weighted by Crippen LogP contribution is 2.23. The van der Waals surface area contributed by atoms with Gasteiger partial charge in [-0.2, -0.15) is 5.10 Å². The zero-order chi connectivity index (χ0) is 22.5.